The first-order valence-electron chi connectivity index (χ1n) is 13.7. The van der Waals surface area contributed by atoms with Gasteiger partial charge in [-0.1, -0.05) is 35.8 Å². The van der Waals surface area contributed by atoms with Crippen molar-refractivity contribution >= 4 is 29.2 Å². The van der Waals surface area contributed by atoms with Crippen LogP contribution < -0.4 is 15.5 Å². The number of sulfonamides is 1. The van der Waals surface area contributed by atoms with Crippen molar-refractivity contribution in [3.05, 3.63) is 114 Å². The molecule has 8 nitrogen and oxygen atoms in total. The first-order chi connectivity index (χ1) is 20.0. The molecular formula is C31H30BN5O3S. The van der Waals surface area contributed by atoms with Crippen LogP contribution in [-0.4, -0.2) is 48.4 Å². The van der Waals surface area contributed by atoms with Crippen LogP contribution in [0.4, 0.5) is 0 Å². The minimum absolute atomic E-state index is 0.0419. The maximum Gasteiger partial charge on any atom is 0.243 e. The summed E-state index contributed by atoms with van der Waals surface area (Å²) < 4.78 is 36.6. The Bertz CT molecular complexity index is 1670. The lowest BCUT2D eigenvalue weighted by Crippen LogP contribution is -2.40. The molecule has 41 heavy (non-hydrogen) atoms. The van der Waals surface area contributed by atoms with Gasteiger partial charge in [0, 0.05) is 50.3 Å². The van der Waals surface area contributed by atoms with E-state index in [1.54, 1.807) is 41.0 Å². The highest BCUT2D eigenvalue weighted by Gasteiger charge is 2.32. The van der Waals surface area contributed by atoms with Crippen LogP contribution in [0.3, 0.4) is 0 Å². The van der Waals surface area contributed by atoms with Crippen LogP contribution in [0.1, 0.15) is 24.1 Å². The van der Waals surface area contributed by atoms with Gasteiger partial charge in [-0.15, -0.1) is 0 Å². The molecule has 2 aromatic carbocycles. The average Bonchev–Trinajstić information content (AvgIpc) is 3.27. The summed E-state index contributed by atoms with van der Waals surface area (Å²) >= 11 is 0. The van der Waals surface area contributed by atoms with E-state index in [4.69, 9.17) is 12.6 Å². The third kappa shape index (κ3) is 5.99. The molecule has 206 valence electrons. The van der Waals surface area contributed by atoms with Gasteiger partial charge in [-0.2, -0.15) is 9.40 Å². The van der Waals surface area contributed by atoms with Crippen LogP contribution in [0, 0.1) is 5.92 Å². The molecular weight excluding hydrogens is 533 g/mol. The molecule has 2 aromatic heterocycles. The second-order valence-electron chi connectivity index (χ2n) is 10.2. The van der Waals surface area contributed by atoms with Crippen LogP contribution in [0.25, 0.3) is 5.82 Å². The van der Waals surface area contributed by atoms with Crippen molar-refractivity contribution in [1.29, 1.82) is 0 Å². The maximum atomic E-state index is 13.7. The fraction of sp³-hybridized carbons (Fsp3) is 0.226. The van der Waals surface area contributed by atoms with Crippen LogP contribution in [0.15, 0.2) is 108 Å². The van der Waals surface area contributed by atoms with Gasteiger partial charge >= 0.3 is 0 Å². The number of fused-ring (bicyclic) bond motifs is 1. The molecule has 1 atom stereocenters. The lowest BCUT2D eigenvalue weighted by atomic mass is 9.89. The minimum Gasteiger partial charge on any atom is -0.457 e. The Labute approximate surface area is 241 Å². The molecule has 1 N–H and O–H groups in total. The number of nitrogens with one attached hydrogen (secondary N) is 1. The summed E-state index contributed by atoms with van der Waals surface area (Å²) in [5.74, 6) is 2.13. The van der Waals surface area contributed by atoms with Crippen LogP contribution in [-0.2, 0) is 23.0 Å². The highest BCUT2D eigenvalue weighted by molar-refractivity contribution is 7.89. The Morgan fingerprint density at radius 3 is 2.59 bits per heavy atom. The quantitative estimate of drug-likeness (QED) is 0.326. The zero-order valence-corrected chi connectivity index (χ0v) is 23.4. The fourth-order valence-corrected chi connectivity index (χ4v) is 6.81. The van der Waals surface area contributed by atoms with E-state index in [9.17, 15) is 8.42 Å². The number of pyridine rings is 1. The van der Waals surface area contributed by atoms with Crippen molar-refractivity contribution in [2.75, 3.05) is 13.1 Å². The third-order valence-electron chi connectivity index (χ3n) is 7.46. The van der Waals surface area contributed by atoms with Gasteiger partial charge in [0.15, 0.2) is 0 Å². The molecule has 0 spiro atoms. The summed E-state index contributed by atoms with van der Waals surface area (Å²) in [6.07, 6.45) is 11.7. The zero-order chi connectivity index (χ0) is 28.2. The van der Waals surface area contributed by atoms with Gasteiger partial charge < -0.3 is 10.1 Å². The molecule has 4 aromatic rings. The zero-order valence-electron chi connectivity index (χ0n) is 22.6. The van der Waals surface area contributed by atoms with E-state index >= 15 is 0 Å². The Morgan fingerprint density at radius 2 is 1.80 bits per heavy atom. The lowest BCUT2D eigenvalue weighted by molar-refractivity contribution is 0.294. The highest BCUT2D eigenvalue weighted by Crippen LogP contribution is 2.32. The standard InChI is InChI=1S/C31H30BN5O3S/c32-29-21-35-37-30(29)15-10-24(18-31(37)34-20-23-6-4-16-33-19-23)25-7-5-17-36(22-25)41(38,39)28-13-11-27(12-14-28)40-26-8-2-1-3-9-26/h1-4,6,8-14,16,18-19,21,25,34H,5,7,15,17,20,22H2. The molecule has 10 heteroatoms. The van der Waals surface area contributed by atoms with Crippen molar-refractivity contribution in [2.45, 2.75) is 30.7 Å². The summed E-state index contributed by atoms with van der Waals surface area (Å²) in [7, 11) is 2.58. The molecule has 6 rings (SSSR count). The first kappa shape index (κ1) is 27.0. The smallest absolute Gasteiger partial charge is 0.243 e. The fourth-order valence-electron chi connectivity index (χ4n) is 5.28. The molecule has 1 unspecified atom stereocenters. The van der Waals surface area contributed by atoms with E-state index in [1.165, 1.54) is 0 Å². The van der Waals surface area contributed by atoms with Gasteiger partial charge in [0.05, 0.1) is 4.90 Å². The number of rotatable bonds is 8. The Balaban J connectivity index is 1.20. The van der Waals surface area contributed by atoms with Crippen LogP contribution in [0.5, 0.6) is 11.5 Å². The second-order valence-corrected chi connectivity index (χ2v) is 12.1. The minimum atomic E-state index is -3.67. The maximum absolute atomic E-state index is 13.7. The largest absolute Gasteiger partial charge is 0.457 e. The van der Waals surface area contributed by atoms with E-state index in [0.29, 0.717) is 43.0 Å². The Morgan fingerprint density at radius 1 is 1.00 bits per heavy atom. The van der Waals surface area contributed by atoms with Gasteiger partial charge in [-0.3, -0.25) is 4.98 Å². The molecule has 2 aliphatic rings. The number of allylic oxidation sites excluding steroid dienone is 2. The van der Waals surface area contributed by atoms with Crippen molar-refractivity contribution in [2.24, 2.45) is 5.92 Å². The second kappa shape index (κ2) is 11.8. The van der Waals surface area contributed by atoms with Gasteiger partial charge in [0.2, 0.25) is 10.0 Å². The number of benzene rings is 2. The monoisotopic (exact) mass is 563 g/mol. The summed E-state index contributed by atoms with van der Waals surface area (Å²) in [4.78, 5) is 4.46. The molecule has 2 aliphatic heterocycles. The van der Waals surface area contributed by atoms with Gasteiger partial charge in [0.25, 0.3) is 0 Å². The number of piperidine rings is 1. The van der Waals surface area contributed by atoms with Crippen molar-refractivity contribution in [3.63, 3.8) is 0 Å². The van der Waals surface area contributed by atoms with Gasteiger partial charge in [-0.05, 0) is 78.4 Å². The van der Waals surface area contributed by atoms with Crippen molar-refractivity contribution in [1.82, 2.24) is 24.4 Å². The summed E-state index contributed by atoms with van der Waals surface area (Å²) in [5, 5.41) is 8.00. The van der Waals surface area contributed by atoms with E-state index < -0.39 is 10.0 Å². The third-order valence-corrected chi connectivity index (χ3v) is 9.34. The molecule has 4 heterocycles. The SMILES string of the molecule is [B]c1cnn2c1CC=C(C1CCCN(S(=O)(=O)c3ccc(Oc4ccccc4)cc3)C1)C=C2NCc1cccnc1. The molecule has 0 aliphatic carbocycles. The van der Waals surface area contributed by atoms with E-state index in [-0.39, 0.29) is 10.8 Å². The average molecular weight is 563 g/mol. The predicted octanol–water partition coefficient (Wildman–Crippen LogP) is 4.04. The normalized spacial score (nSPS) is 17.6. The summed E-state index contributed by atoms with van der Waals surface area (Å²) in [6, 6.07) is 20.0. The van der Waals surface area contributed by atoms with Gasteiger partial charge in [-0.25, -0.2) is 13.1 Å². The lowest BCUT2D eigenvalue weighted by Gasteiger charge is -2.32. The number of hydrogen-bond acceptors (Lipinski definition) is 6. The van der Waals surface area contributed by atoms with Crippen molar-refractivity contribution in [3.8, 4) is 11.5 Å². The van der Waals surface area contributed by atoms with Gasteiger partial charge in [0.1, 0.15) is 25.2 Å². The summed E-state index contributed by atoms with van der Waals surface area (Å²) in [5.41, 5.74) is 3.65. The van der Waals surface area contributed by atoms with E-state index in [0.717, 1.165) is 35.5 Å². The molecule has 1 saturated heterocycles. The van der Waals surface area contributed by atoms with E-state index in [1.807, 2.05) is 53.3 Å². The highest BCUT2D eigenvalue weighted by atomic mass is 32.2. The first-order valence-corrected chi connectivity index (χ1v) is 15.1. The number of para-hydroxylation sites is 1. The van der Waals surface area contributed by atoms with Crippen LogP contribution in [0.2, 0.25) is 0 Å². The number of aromatic nitrogens is 3. The topological polar surface area (TPSA) is 89.4 Å². The number of ether oxygens (including phenoxy) is 1. The molecule has 1 fully saturated rings. The summed E-state index contributed by atoms with van der Waals surface area (Å²) in [6.45, 7) is 1.46. The molecule has 0 saturated carbocycles. The van der Waals surface area contributed by atoms with E-state index in [2.05, 4.69) is 27.6 Å². The Hall–Kier alpha value is -4.15. The van der Waals surface area contributed by atoms with Crippen LogP contribution >= 0.6 is 0 Å². The molecule has 2 radical (unpaired) electrons. The predicted molar refractivity (Wildman–Crippen MR) is 159 cm³/mol. The number of hydrogen-bond donors (Lipinski definition) is 1. The van der Waals surface area contributed by atoms with Crippen molar-refractivity contribution < 1.29 is 13.2 Å². The molecule has 0 amide bonds. The number of nitrogens with zero attached hydrogens (tertiary/aromatic N) is 4. The Kier molecular flexibility index (Phi) is 7.76. The molecule has 0 bridgehead atoms.